The van der Waals surface area contributed by atoms with E-state index >= 15 is 0 Å². The molecule has 1 aromatic carbocycles. The predicted molar refractivity (Wildman–Crippen MR) is 60.1 cm³/mol. The first-order valence-corrected chi connectivity index (χ1v) is 5.20. The highest BCUT2D eigenvalue weighted by molar-refractivity contribution is 7.78. The minimum atomic E-state index is -0.253. The van der Waals surface area contributed by atoms with Crippen LogP contribution in [0.1, 0.15) is 33.2 Å². The van der Waals surface area contributed by atoms with Gasteiger partial charge in [-0.05, 0) is 18.1 Å². The second-order valence-electron chi connectivity index (χ2n) is 3.74. The number of hydrogen-bond donors (Lipinski definition) is 2. The Morgan fingerprint density at radius 3 is 2.93 bits per heavy atom. The summed E-state index contributed by atoms with van der Waals surface area (Å²) in [6.07, 6.45) is 0.644. The quantitative estimate of drug-likeness (QED) is 0.708. The van der Waals surface area contributed by atoms with E-state index in [0.717, 1.165) is 5.56 Å². The Bertz CT molecular complexity index is 442. The molecule has 1 aromatic rings. The van der Waals surface area contributed by atoms with Crippen LogP contribution in [0.4, 0.5) is 0 Å². The monoisotopic (exact) mass is 221 g/mol. The Labute approximate surface area is 93.4 Å². The van der Waals surface area contributed by atoms with Gasteiger partial charge in [0, 0.05) is 17.0 Å². The Kier molecular flexibility index (Phi) is 2.52. The fourth-order valence-electron chi connectivity index (χ4n) is 1.97. The van der Waals surface area contributed by atoms with Crippen LogP contribution in [0.15, 0.2) is 18.2 Å². The minimum absolute atomic E-state index is 0.0196. The molecule has 1 amide bonds. The number of fused-ring (bicyclic) bond motifs is 1. The maximum Gasteiger partial charge on any atom is 0.261 e. The number of rotatable bonds is 1. The van der Waals surface area contributed by atoms with E-state index in [-0.39, 0.29) is 17.6 Å². The van der Waals surface area contributed by atoms with Crippen molar-refractivity contribution in [1.29, 1.82) is 0 Å². The van der Waals surface area contributed by atoms with Gasteiger partial charge < -0.3 is 0 Å². The predicted octanol–water partition coefficient (Wildman–Crippen LogP) is 1.64. The SMILES string of the molecule is CC1Cc2c(C(=O)NS)cccc2C1=O. The molecule has 4 heteroatoms. The fraction of sp³-hybridized carbons (Fsp3) is 0.273. The van der Waals surface area contributed by atoms with Gasteiger partial charge in [-0.3, -0.25) is 14.3 Å². The molecule has 0 radical (unpaired) electrons. The number of amides is 1. The normalized spacial score (nSPS) is 18.8. The third-order valence-corrected chi connectivity index (χ3v) is 2.95. The minimum Gasteiger partial charge on any atom is -0.299 e. The number of benzene rings is 1. The molecule has 0 aliphatic heterocycles. The number of Topliss-reactive ketones (excluding diaryl/α,β-unsaturated/α-hetero) is 1. The van der Waals surface area contributed by atoms with Crippen LogP contribution in [-0.2, 0) is 6.42 Å². The molecule has 1 atom stereocenters. The zero-order valence-corrected chi connectivity index (χ0v) is 9.17. The first-order chi connectivity index (χ1) is 7.15. The fourth-order valence-corrected chi connectivity index (χ4v) is 2.10. The van der Waals surface area contributed by atoms with Crippen LogP contribution in [0.25, 0.3) is 0 Å². The van der Waals surface area contributed by atoms with Gasteiger partial charge in [-0.15, -0.1) is 0 Å². The second kappa shape index (κ2) is 3.70. The third-order valence-electron chi connectivity index (χ3n) is 2.75. The first kappa shape index (κ1) is 10.2. The summed E-state index contributed by atoms with van der Waals surface area (Å²) in [4.78, 5) is 23.2. The van der Waals surface area contributed by atoms with E-state index in [9.17, 15) is 9.59 Å². The smallest absolute Gasteiger partial charge is 0.261 e. The van der Waals surface area contributed by atoms with Crippen molar-refractivity contribution in [2.24, 2.45) is 5.92 Å². The molecule has 15 heavy (non-hydrogen) atoms. The Balaban J connectivity index is 2.54. The lowest BCUT2D eigenvalue weighted by Crippen LogP contribution is -2.15. The van der Waals surface area contributed by atoms with Gasteiger partial charge >= 0.3 is 0 Å². The number of carbonyl (C=O) groups excluding carboxylic acids is 2. The van der Waals surface area contributed by atoms with Gasteiger partial charge in [-0.2, -0.15) is 0 Å². The van der Waals surface area contributed by atoms with Gasteiger partial charge in [0.15, 0.2) is 5.78 Å². The Hall–Kier alpha value is -1.29. The summed E-state index contributed by atoms with van der Waals surface area (Å²) in [7, 11) is 0. The zero-order chi connectivity index (χ0) is 11.0. The van der Waals surface area contributed by atoms with Crippen LogP contribution >= 0.6 is 12.8 Å². The largest absolute Gasteiger partial charge is 0.299 e. The maximum absolute atomic E-state index is 11.7. The van der Waals surface area contributed by atoms with Crippen LogP contribution < -0.4 is 4.72 Å². The van der Waals surface area contributed by atoms with Gasteiger partial charge in [0.25, 0.3) is 5.91 Å². The molecule has 0 aromatic heterocycles. The van der Waals surface area contributed by atoms with E-state index in [1.54, 1.807) is 18.2 Å². The van der Waals surface area contributed by atoms with Crippen molar-refractivity contribution in [3.05, 3.63) is 34.9 Å². The molecular formula is C11H11NO2S. The summed E-state index contributed by atoms with van der Waals surface area (Å²) < 4.78 is 2.28. The van der Waals surface area contributed by atoms with E-state index in [1.165, 1.54) is 0 Å². The molecule has 3 nitrogen and oxygen atoms in total. The zero-order valence-electron chi connectivity index (χ0n) is 8.28. The molecule has 0 saturated carbocycles. The van der Waals surface area contributed by atoms with Crippen molar-refractivity contribution in [2.75, 3.05) is 0 Å². The van der Waals surface area contributed by atoms with Gasteiger partial charge in [-0.1, -0.05) is 31.9 Å². The van der Waals surface area contributed by atoms with Gasteiger partial charge in [-0.25, -0.2) is 0 Å². The van der Waals surface area contributed by atoms with Gasteiger partial charge in [0.2, 0.25) is 0 Å². The van der Waals surface area contributed by atoms with Crippen LogP contribution in [0.3, 0.4) is 0 Å². The highest BCUT2D eigenvalue weighted by Gasteiger charge is 2.29. The molecule has 1 aliphatic rings. The van der Waals surface area contributed by atoms with Crippen molar-refractivity contribution in [2.45, 2.75) is 13.3 Å². The number of ketones is 1. The highest BCUT2D eigenvalue weighted by Crippen LogP contribution is 2.29. The van der Waals surface area contributed by atoms with E-state index < -0.39 is 0 Å². The standard InChI is InChI=1S/C11H11NO2S/c1-6-5-9-7(10(6)13)3-2-4-8(9)11(14)12-15/h2-4,6,15H,5H2,1H3,(H,12,14). The number of thiol groups is 1. The number of carbonyl (C=O) groups is 2. The molecule has 1 N–H and O–H groups in total. The number of nitrogens with one attached hydrogen (secondary N) is 1. The lowest BCUT2D eigenvalue weighted by Gasteiger charge is -2.04. The topological polar surface area (TPSA) is 46.2 Å². The molecule has 0 spiro atoms. The Morgan fingerprint density at radius 2 is 2.27 bits per heavy atom. The summed E-state index contributed by atoms with van der Waals surface area (Å²) >= 11 is 3.73. The average Bonchev–Trinajstić information content (AvgIpc) is 2.54. The maximum atomic E-state index is 11.7. The summed E-state index contributed by atoms with van der Waals surface area (Å²) in [5.74, 6) is -0.148. The van der Waals surface area contributed by atoms with E-state index in [1.807, 2.05) is 6.92 Å². The lowest BCUT2D eigenvalue weighted by atomic mass is 10.0. The molecular weight excluding hydrogens is 210 g/mol. The van der Waals surface area contributed by atoms with Crippen molar-refractivity contribution in [1.82, 2.24) is 4.72 Å². The van der Waals surface area contributed by atoms with Crippen molar-refractivity contribution in [3.8, 4) is 0 Å². The average molecular weight is 221 g/mol. The molecule has 0 saturated heterocycles. The van der Waals surface area contributed by atoms with E-state index in [4.69, 9.17) is 0 Å². The summed E-state index contributed by atoms with van der Waals surface area (Å²) in [5, 5.41) is 0. The van der Waals surface area contributed by atoms with Crippen LogP contribution in [-0.4, -0.2) is 11.7 Å². The Morgan fingerprint density at radius 1 is 1.53 bits per heavy atom. The van der Waals surface area contributed by atoms with Crippen LogP contribution in [0, 0.1) is 5.92 Å². The summed E-state index contributed by atoms with van der Waals surface area (Å²) in [6, 6.07) is 5.22. The summed E-state index contributed by atoms with van der Waals surface area (Å²) in [6.45, 7) is 1.88. The van der Waals surface area contributed by atoms with Gasteiger partial charge in [0.1, 0.15) is 0 Å². The van der Waals surface area contributed by atoms with E-state index in [0.29, 0.717) is 17.5 Å². The molecule has 0 bridgehead atoms. The molecule has 0 fully saturated rings. The van der Waals surface area contributed by atoms with Crippen LogP contribution in [0.5, 0.6) is 0 Å². The van der Waals surface area contributed by atoms with Crippen molar-refractivity contribution in [3.63, 3.8) is 0 Å². The molecule has 0 heterocycles. The van der Waals surface area contributed by atoms with Gasteiger partial charge in [0.05, 0.1) is 0 Å². The number of hydrogen-bond acceptors (Lipinski definition) is 3. The lowest BCUT2D eigenvalue weighted by molar-refractivity contribution is 0.0944. The van der Waals surface area contributed by atoms with Crippen molar-refractivity contribution >= 4 is 24.5 Å². The second-order valence-corrected chi connectivity index (χ2v) is 3.97. The van der Waals surface area contributed by atoms with Crippen LogP contribution in [0.2, 0.25) is 0 Å². The van der Waals surface area contributed by atoms with E-state index in [2.05, 4.69) is 17.5 Å². The molecule has 1 aliphatic carbocycles. The third kappa shape index (κ3) is 1.55. The first-order valence-electron chi connectivity index (χ1n) is 4.75. The van der Waals surface area contributed by atoms with Crippen molar-refractivity contribution < 1.29 is 9.59 Å². The highest BCUT2D eigenvalue weighted by atomic mass is 32.1. The summed E-state index contributed by atoms with van der Waals surface area (Å²) in [5.41, 5.74) is 2.08. The molecule has 1 unspecified atom stereocenters. The molecule has 2 rings (SSSR count). The molecule has 78 valence electrons.